The first-order valence-corrected chi connectivity index (χ1v) is 7.38. The third-order valence-electron chi connectivity index (χ3n) is 4.12. The number of hydrogen-bond acceptors (Lipinski definition) is 4. The third kappa shape index (κ3) is 3.03. The molecule has 1 aromatic heterocycles. The van der Waals surface area contributed by atoms with Gasteiger partial charge in [-0.2, -0.15) is 5.10 Å². The van der Waals surface area contributed by atoms with E-state index >= 15 is 0 Å². The highest BCUT2D eigenvalue weighted by Crippen LogP contribution is 2.26. The van der Waals surface area contributed by atoms with Crippen molar-refractivity contribution in [3.63, 3.8) is 0 Å². The Morgan fingerprint density at radius 1 is 1.32 bits per heavy atom. The molecule has 1 fully saturated rings. The predicted molar refractivity (Wildman–Crippen MR) is 81.1 cm³/mol. The molecule has 0 radical (unpaired) electrons. The van der Waals surface area contributed by atoms with Gasteiger partial charge in [0.05, 0.1) is 11.8 Å². The van der Waals surface area contributed by atoms with Crippen molar-refractivity contribution >= 4 is 5.91 Å². The van der Waals surface area contributed by atoms with Gasteiger partial charge in [-0.25, -0.2) is 0 Å². The number of rotatable bonds is 4. The molecular formula is C16H19N3O3. The second kappa shape index (κ2) is 6.29. The minimum absolute atomic E-state index is 0.0598. The van der Waals surface area contributed by atoms with Gasteiger partial charge in [-0.05, 0) is 18.9 Å². The number of carbonyl (C=O) groups is 1. The number of aromatic amines is 1. The van der Waals surface area contributed by atoms with Crippen LogP contribution in [0.2, 0.25) is 0 Å². The molecule has 0 spiro atoms. The number of carbonyl (C=O) groups excluding carboxylic acids is 1. The Kier molecular flexibility index (Phi) is 4.22. The van der Waals surface area contributed by atoms with Crippen LogP contribution in [-0.2, 0) is 0 Å². The highest BCUT2D eigenvalue weighted by molar-refractivity contribution is 5.93. The van der Waals surface area contributed by atoms with Gasteiger partial charge in [0.1, 0.15) is 5.69 Å². The quantitative estimate of drug-likeness (QED) is 0.675. The molecule has 2 aromatic rings. The van der Waals surface area contributed by atoms with Crippen molar-refractivity contribution in [3.8, 4) is 11.3 Å². The molecule has 1 aliphatic rings. The van der Waals surface area contributed by atoms with E-state index in [-0.39, 0.29) is 24.5 Å². The number of nitrogens with one attached hydrogen (secondary N) is 2. The summed E-state index contributed by atoms with van der Waals surface area (Å²) < 4.78 is 0. The second-order valence-electron chi connectivity index (χ2n) is 5.68. The Morgan fingerprint density at radius 3 is 2.77 bits per heavy atom. The molecule has 116 valence electrons. The Labute approximate surface area is 128 Å². The Hall–Kier alpha value is -2.18. The van der Waals surface area contributed by atoms with Crippen LogP contribution in [0, 0.1) is 5.92 Å². The normalized spacial score (nSPS) is 24.4. The summed E-state index contributed by atoms with van der Waals surface area (Å²) in [6.45, 7) is -0.0598. The topological polar surface area (TPSA) is 98.2 Å². The molecule has 6 heteroatoms. The first kappa shape index (κ1) is 14.7. The third-order valence-corrected chi connectivity index (χ3v) is 4.12. The fraction of sp³-hybridized carbons (Fsp3) is 0.375. The highest BCUT2D eigenvalue weighted by Gasteiger charge is 2.33. The lowest BCUT2D eigenvalue weighted by Crippen LogP contribution is -2.33. The van der Waals surface area contributed by atoms with Crippen molar-refractivity contribution in [1.29, 1.82) is 0 Å². The van der Waals surface area contributed by atoms with E-state index in [4.69, 9.17) is 5.11 Å². The summed E-state index contributed by atoms with van der Waals surface area (Å²) in [6.07, 6.45) is 0.497. The van der Waals surface area contributed by atoms with Crippen molar-refractivity contribution in [2.24, 2.45) is 5.92 Å². The molecule has 3 atom stereocenters. The molecule has 0 bridgehead atoms. The van der Waals surface area contributed by atoms with Crippen LogP contribution >= 0.6 is 0 Å². The summed E-state index contributed by atoms with van der Waals surface area (Å²) >= 11 is 0. The van der Waals surface area contributed by atoms with Crippen molar-refractivity contribution in [2.75, 3.05) is 6.61 Å². The molecule has 0 saturated heterocycles. The maximum absolute atomic E-state index is 12.2. The van der Waals surface area contributed by atoms with Crippen LogP contribution in [0.3, 0.4) is 0 Å². The molecule has 1 amide bonds. The van der Waals surface area contributed by atoms with Gasteiger partial charge < -0.3 is 15.5 Å². The first-order valence-electron chi connectivity index (χ1n) is 7.38. The maximum atomic E-state index is 12.2. The Balaban J connectivity index is 1.65. The number of aliphatic hydroxyl groups is 2. The van der Waals surface area contributed by atoms with Crippen molar-refractivity contribution in [3.05, 3.63) is 42.1 Å². The summed E-state index contributed by atoms with van der Waals surface area (Å²) in [7, 11) is 0. The summed E-state index contributed by atoms with van der Waals surface area (Å²) in [6, 6.07) is 11.2. The SMILES string of the molecule is O=C(N[C@H]1C[C@H](CO)[C@@H](O)C1)c1cc(-c2ccccc2)n[nH]1. The smallest absolute Gasteiger partial charge is 0.269 e. The fourth-order valence-corrected chi connectivity index (χ4v) is 2.87. The number of amides is 1. The van der Waals surface area contributed by atoms with Gasteiger partial charge in [0.25, 0.3) is 5.91 Å². The van der Waals surface area contributed by atoms with E-state index in [1.54, 1.807) is 6.07 Å². The molecule has 1 aromatic carbocycles. The van der Waals surface area contributed by atoms with Gasteiger partial charge in [0, 0.05) is 24.1 Å². The molecule has 1 aliphatic carbocycles. The van der Waals surface area contributed by atoms with Crippen LogP contribution in [0.25, 0.3) is 11.3 Å². The lowest BCUT2D eigenvalue weighted by atomic mass is 10.1. The van der Waals surface area contributed by atoms with E-state index < -0.39 is 6.10 Å². The van der Waals surface area contributed by atoms with Crippen LogP contribution in [0.1, 0.15) is 23.3 Å². The largest absolute Gasteiger partial charge is 0.396 e. The zero-order valence-electron chi connectivity index (χ0n) is 12.1. The number of H-pyrrole nitrogens is 1. The minimum atomic E-state index is -0.558. The first-order chi connectivity index (χ1) is 10.7. The van der Waals surface area contributed by atoms with Gasteiger partial charge in [-0.15, -0.1) is 0 Å². The fourth-order valence-electron chi connectivity index (χ4n) is 2.87. The predicted octanol–water partition coefficient (Wildman–Crippen LogP) is 0.938. The maximum Gasteiger partial charge on any atom is 0.269 e. The zero-order valence-corrected chi connectivity index (χ0v) is 12.1. The minimum Gasteiger partial charge on any atom is -0.396 e. The summed E-state index contributed by atoms with van der Waals surface area (Å²) in [5.74, 6) is -0.405. The lowest BCUT2D eigenvalue weighted by molar-refractivity contribution is 0.0902. The van der Waals surface area contributed by atoms with Gasteiger partial charge >= 0.3 is 0 Å². The highest BCUT2D eigenvalue weighted by atomic mass is 16.3. The molecule has 4 N–H and O–H groups in total. The zero-order chi connectivity index (χ0) is 15.5. The number of aliphatic hydroxyl groups excluding tert-OH is 2. The number of nitrogens with zero attached hydrogens (tertiary/aromatic N) is 1. The molecule has 22 heavy (non-hydrogen) atoms. The van der Waals surface area contributed by atoms with Gasteiger partial charge in [-0.1, -0.05) is 30.3 Å². The van der Waals surface area contributed by atoms with Gasteiger partial charge in [0.2, 0.25) is 0 Å². The number of hydrogen-bond donors (Lipinski definition) is 4. The van der Waals surface area contributed by atoms with E-state index in [1.807, 2.05) is 30.3 Å². The van der Waals surface area contributed by atoms with E-state index in [9.17, 15) is 9.90 Å². The van der Waals surface area contributed by atoms with E-state index in [0.717, 1.165) is 5.56 Å². The molecule has 0 aliphatic heterocycles. The molecular weight excluding hydrogens is 282 g/mol. The average Bonchev–Trinajstić information content (AvgIpc) is 3.15. The van der Waals surface area contributed by atoms with Crippen molar-refractivity contribution < 1.29 is 15.0 Å². The molecule has 6 nitrogen and oxygen atoms in total. The lowest BCUT2D eigenvalue weighted by Gasteiger charge is -2.11. The number of benzene rings is 1. The average molecular weight is 301 g/mol. The molecule has 1 heterocycles. The van der Waals surface area contributed by atoms with E-state index in [2.05, 4.69) is 15.5 Å². The van der Waals surface area contributed by atoms with Crippen LogP contribution in [0.15, 0.2) is 36.4 Å². The summed E-state index contributed by atoms with van der Waals surface area (Å²) in [5.41, 5.74) is 2.04. The van der Waals surface area contributed by atoms with Crippen LogP contribution in [0.5, 0.6) is 0 Å². The van der Waals surface area contributed by atoms with Crippen molar-refractivity contribution in [2.45, 2.75) is 25.0 Å². The molecule has 3 rings (SSSR count). The summed E-state index contributed by atoms with van der Waals surface area (Å²) in [4.78, 5) is 12.2. The molecule has 1 saturated carbocycles. The van der Waals surface area contributed by atoms with Crippen molar-refractivity contribution in [1.82, 2.24) is 15.5 Å². The van der Waals surface area contributed by atoms with Gasteiger partial charge in [-0.3, -0.25) is 9.89 Å². The second-order valence-corrected chi connectivity index (χ2v) is 5.68. The van der Waals surface area contributed by atoms with Crippen LogP contribution in [-0.4, -0.2) is 45.1 Å². The van der Waals surface area contributed by atoms with Crippen LogP contribution < -0.4 is 5.32 Å². The number of aromatic nitrogens is 2. The Morgan fingerprint density at radius 2 is 2.09 bits per heavy atom. The van der Waals surface area contributed by atoms with E-state index in [1.165, 1.54) is 0 Å². The Bertz CT molecular complexity index is 641. The van der Waals surface area contributed by atoms with Crippen LogP contribution in [0.4, 0.5) is 0 Å². The van der Waals surface area contributed by atoms with Gasteiger partial charge in [0.15, 0.2) is 0 Å². The standard InChI is InChI=1S/C16H19N3O3/c20-9-11-6-12(7-15(11)21)17-16(22)14-8-13(18-19-14)10-4-2-1-3-5-10/h1-5,8,11-12,15,20-21H,6-7,9H2,(H,17,22)(H,18,19)/t11-,12+,15+/m1/s1. The summed E-state index contributed by atoms with van der Waals surface area (Å²) in [5, 5.41) is 28.7. The monoisotopic (exact) mass is 301 g/mol. The van der Waals surface area contributed by atoms with E-state index in [0.29, 0.717) is 24.2 Å². The molecule has 0 unspecified atom stereocenters.